The molecule has 0 aliphatic rings. The van der Waals surface area contributed by atoms with E-state index < -0.39 is 16.2 Å². The molecule has 0 aliphatic carbocycles. The number of rotatable bonds is 14. The van der Waals surface area contributed by atoms with Gasteiger partial charge in [0.15, 0.2) is 0 Å². The Morgan fingerprint density at radius 1 is 0.857 bits per heavy atom. The lowest BCUT2D eigenvalue weighted by Crippen LogP contribution is -2.39. The quantitative estimate of drug-likeness (QED) is 0.263. The van der Waals surface area contributed by atoms with Crippen LogP contribution in [0.4, 0.5) is 0 Å². The molecule has 0 aromatic rings. The standard InChI is InChI=1S/C14H33O5PSi/c1-6-10-16-20(4,15)17-13-9-14-21(5,18-11-7-2)19-12-8-3/h6-14H2,1-5H3. The Balaban J connectivity index is 4.09. The fourth-order valence-corrected chi connectivity index (χ4v) is 5.22. The van der Waals surface area contributed by atoms with E-state index in [0.717, 1.165) is 44.9 Å². The summed E-state index contributed by atoms with van der Waals surface area (Å²) in [5.74, 6) is 0. The maximum absolute atomic E-state index is 11.9. The molecule has 0 saturated heterocycles. The second-order valence-corrected chi connectivity index (χ2v) is 10.8. The molecule has 0 aromatic carbocycles. The Morgan fingerprint density at radius 2 is 1.33 bits per heavy atom. The first-order valence-corrected chi connectivity index (χ1v) is 12.5. The lowest BCUT2D eigenvalue weighted by Gasteiger charge is -2.27. The third kappa shape index (κ3) is 11.5. The fourth-order valence-electron chi connectivity index (χ4n) is 1.74. The Kier molecular flexibility index (Phi) is 12.0. The van der Waals surface area contributed by atoms with Crippen LogP contribution in [0, 0.1) is 0 Å². The molecule has 1 atom stereocenters. The molecule has 128 valence electrons. The third-order valence-corrected chi connectivity index (χ3v) is 7.05. The summed E-state index contributed by atoms with van der Waals surface area (Å²) in [6.45, 7) is 12.2. The smallest absolute Gasteiger partial charge is 0.335 e. The monoisotopic (exact) mass is 340 g/mol. The average molecular weight is 340 g/mol. The Labute approximate surface area is 131 Å². The van der Waals surface area contributed by atoms with Crippen LogP contribution in [-0.2, 0) is 22.5 Å². The zero-order valence-corrected chi connectivity index (χ0v) is 16.2. The van der Waals surface area contributed by atoms with Crippen molar-refractivity contribution in [3.63, 3.8) is 0 Å². The summed E-state index contributed by atoms with van der Waals surface area (Å²) in [7, 11) is -5.02. The van der Waals surface area contributed by atoms with Crippen LogP contribution in [-0.4, -0.2) is 41.7 Å². The van der Waals surface area contributed by atoms with Gasteiger partial charge in [0.1, 0.15) is 0 Å². The predicted octanol–water partition coefficient (Wildman–Crippen LogP) is 4.57. The van der Waals surface area contributed by atoms with Crippen molar-refractivity contribution < 1.29 is 22.5 Å². The molecule has 0 spiro atoms. The van der Waals surface area contributed by atoms with Gasteiger partial charge in [0, 0.05) is 19.9 Å². The van der Waals surface area contributed by atoms with Gasteiger partial charge in [0.05, 0.1) is 13.2 Å². The van der Waals surface area contributed by atoms with Gasteiger partial charge in [0.25, 0.3) is 0 Å². The summed E-state index contributed by atoms with van der Waals surface area (Å²) in [6.07, 6.45) is 3.60. The van der Waals surface area contributed by atoms with Crippen LogP contribution >= 0.6 is 7.60 Å². The molecule has 0 aliphatic heterocycles. The maximum atomic E-state index is 11.9. The Hall–Kier alpha value is 0.287. The molecule has 0 saturated carbocycles. The average Bonchev–Trinajstić information content (AvgIpc) is 2.46. The van der Waals surface area contributed by atoms with Crippen LogP contribution in [0.1, 0.15) is 46.5 Å². The van der Waals surface area contributed by atoms with E-state index in [2.05, 4.69) is 20.4 Å². The second-order valence-electron chi connectivity index (χ2n) is 5.37. The SMILES string of the molecule is CCCO[Si](C)(CCCOP(C)(=O)OCCC)OCCC. The molecule has 0 bridgehead atoms. The Bertz CT molecular complexity index is 293. The minimum Gasteiger partial charge on any atom is -0.394 e. The summed E-state index contributed by atoms with van der Waals surface area (Å²) >= 11 is 0. The van der Waals surface area contributed by atoms with Gasteiger partial charge in [-0.2, -0.15) is 0 Å². The summed E-state index contributed by atoms with van der Waals surface area (Å²) in [5, 5.41) is 0. The normalized spacial score (nSPS) is 15.1. The highest BCUT2D eigenvalue weighted by Crippen LogP contribution is 2.44. The van der Waals surface area contributed by atoms with Crippen molar-refractivity contribution in [2.24, 2.45) is 0 Å². The van der Waals surface area contributed by atoms with Gasteiger partial charge in [-0.25, -0.2) is 0 Å². The van der Waals surface area contributed by atoms with E-state index in [0.29, 0.717) is 13.2 Å². The third-order valence-electron chi connectivity index (χ3n) is 2.85. The van der Waals surface area contributed by atoms with E-state index in [9.17, 15) is 4.57 Å². The molecular formula is C14H33O5PSi. The van der Waals surface area contributed by atoms with Gasteiger partial charge in [-0.3, -0.25) is 4.57 Å². The van der Waals surface area contributed by atoms with Gasteiger partial charge in [-0.15, -0.1) is 0 Å². The fraction of sp³-hybridized carbons (Fsp3) is 1.00. The Morgan fingerprint density at radius 3 is 1.81 bits per heavy atom. The van der Waals surface area contributed by atoms with Gasteiger partial charge in [0.2, 0.25) is 0 Å². The van der Waals surface area contributed by atoms with Gasteiger partial charge in [-0.05, 0) is 38.3 Å². The molecule has 7 heteroatoms. The lowest BCUT2D eigenvalue weighted by molar-refractivity contribution is 0.167. The maximum Gasteiger partial charge on any atom is 0.335 e. The van der Waals surface area contributed by atoms with Crippen molar-refractivity contribution in [2.45, 2.75) is 59.0 Å². The van der Waals surface area contributed by atoms with Gasteiger partial charge in [-0.1, -0.05) is 20.8 Å². The first kappa shape index (κ1) is 21.3. The largest absolute Gasteiger partial charge is 0.394 e. The van der Waals surface area contributed by atoms with E-state index in [1.165, 1.54) is 6.66 Å². The van der Waals surface area contributed by atoms with Crippen LogP contribution < -0.4 is 0 Å². The van der Waals surface area contributed by atoms with Crippen molar-refractivity contribution in [1.82, 2.24) is 0 Å². The highest BCUT2D eigenvalue weighted by molar-refractivity contribution is 7.52. The van der Waals surface area contributed by atoms with Crippen LogP contribution in [0.2, 0.25) is 12.6 Å². The predicted molar refractivity (Wildman–Crippen MR) is 89.3 cm³/mol. The van der Waals surface area contributed by atoms with Crippen LogP contribution in [0.25, 0.3) is 0 Å². The molecule has 5 nitrogen and oxygen atoms in total. The molecule has 0 N–H and O–H groups in total. The van der Waals surface area contributed by atoms with Gasteiger partial charge >= 0.3 is 16.2 Å². The van der Waals surface area contributed by atoms with Crippen LogP contribution in [0.15, 0.2) is 0 Å². The summed E-state index contributed by atoms with van der Waals surface area (Å²) in [5.41, 5.74) is 0. The van der Waals surface area contributed by atoms with E-state index in [1.807, 2.05) is 6.92 Å². The molecule has 1 unspecified atom stereocenters. The molecular weight excluding hydrogens is 307 g/mol. The lowest BCUT2D eigenvalue weighted by atomic mass is 10.5. The molecule has 0 heterocycles. The zero-order valence-electron chi connectivity index (χ0n) is 14.4. The van der Waals surface area contributed by atoms with Crippen LogP contribution in [0.5, 0.6) is 0 Å². The molecule has 0 aromatic heterocycles. The number of hydrogen-bond donors (Lipinski definition) is 0. The second kappa shape index (κ2) is 11.8. The number of hydrogen-bond acceptors (Lipinski definition) is 5. The highest BCUT2D eigenvalue weighted by Gasteiger charge is 2.31. The molecule has 0 radical (unpaired) electrons. The van der Waals surface area contributed by atoms with Crippen molar-refractivity contribution >= 4 is 16.2 Å². The van der Waals surface area contributed by atoms with Crippen molar-refractivity contribution in [3.05, 3.63) is 0 Å². The topological polar surface area (TPSA) is 54.0 Å². The van der Waals surface area contributed by atoms with Crippen molar-refractivity contribution in [2.75, 3.05) is 33.1 Å². The zero-order chi connectivity index (χ0) is 16.2. The van der Waals surface area contributed by atoms with E-state index in [-0.39, 0.29) is 0 Å². The first-order chi connectivity index (χ1) is 9.89. The minimum atomic E-state index is -2.90. The van der Waals surface area contributed by atoms with Crippen molar-refractivity contribution in [3.8, 4) is 0 Å². The first-order valence-electron chi connectivity index (χ1n) is 8.03. The van der Waals surface area contributed by atoms with Crippen molar-refractivity contribution in [1.29, 1.82) is 0 Å². The highest BCUT2D eigenvalue weighted by atomic mass is 31.2. The summed E-state index contributed by atoms with van der Waals surface area (Å²) < 4.78 is 34.4. The van der Waals surface area contributed by atoms with Crippen LogP contribution in [0.3, 0.4) is 0 Å². The van der Waals surface area contributed by atoms with Gasteiger partial charge < -0.3 is 17.9 Å². The van der Waals surface area contributed by atoms with E-state index in [4.69, 9.17) is 17.9 Å². The summed E-state index contributed by atoms with van der Waals surface area (Å²) in [6, 6.07) is 0.848. The molecule has 0 rings (SSSR count). The van der Waals surface area contributed by atoms with E-state index in [1.54, 1.807) is 0 Å². The molecule has 21 heavy (non-hydrogen) atoms. The van der Waals surface area contributed by atoms with E-state index >= 15 is 0 Å². The molecule has 0 amide bonds. The minimum absolute atomic E-state index is 0.422. The summed E-state index contributed by atoms with van der Waals surface area (Å²) in [4.78, 5) is 0. The molecule has 0 fully saturated rings.